The van der Waals surface area contributed by atoms with Gasteiger partial charge in [0.25, 0.3) is 0 Å². The first-order valence-electron chi connectivity index (χ1n) is 4.33. The molecule has 1 aromatic rings. The Bertz CT molecular complexity index is 339. The molecule has 0 radical (unpaired) electrons. The van der Waals surface area contributed by atoms with Crippen LogP contribution in [-0.2, 0) is 9.53 Å². The first-order valence-corrected chi connectivity index (χ1v) is 4.71. The van der Waals surface area contributed by atoms with Crippen LogP contribution in [0.2, 0.25) is 5.02 Å². The van der Waals surface area contributed by atoms with Gasteiger partial charge in [0.05, 0.1) is 7.11 Å². The van der Waals surface area contributed by atoms with Gasteiger partial charge >= 0.3 is 5.97 Å². The highest BCUT2D eigenvalue weighted by Gasteiger charge is 2.24. The van der Waals surface area contributed by atoms with Gasteiger partial charge in [-0.05, 0) is 17.7 Å². The maximum Gasteiger partial charge on any atom is 0.325 e. The van der Waals surface area contributed by atoms with Crippen molar-refractivity contribution in [1.29, 1.82) is 0 Å². The fourth-order valence-electron chi connectivity index (χ4n) is 1.13. The molecule has 0 aliphatic heterocycles. The maximum absolute atomic E-state index is 11.1. The van der Waals surface area contributed by atoms with Gasteiger partial charge in [-0.3, -0.25) is 4.79 Å². The molecular weight excluding hydrogens is 218 g/mol. The number of rotatable bonds is 3. The topological polar surface area (TPSA) is 72.5 Å². The molecule has 2 unspecified atom stereocenters. The number of ether oxygens (including phenoxy) is 1. The number of hydrogen-bond donors (Lipinski definition) is 2. The van der Waals surface area contributed by atoms with Crippen molar-refractivity contribution >= 4 is 17.6 Å². The van der Waals surface area contributed by atoms with Crippen LogP contribution >= 0.6 is 11.6 Å². The van der Waals surface area contributed by atoms with Crippen molar-refractivity contribution in [2.45, 2.75) is 12.1 Å². The second-order valence-corrected chi connectivity index (χ2v) is 3.48. The van der Waals surface area contributed by atoms with Crippen LogP contribution in [0.25, 0.3) is 0 Å². The molecule has 0 aromatic heterocycles. The lowest BCUT2D eigenvalue weighted by Crippen LogP contribution is -2.37. The standard InChI is InChI=1S/C10H12ClNO3/c1-15-10(14)8(12)9(13)6-2-4-7(11)5-3-6/h2-5,8-9,13H,12H2,1H3. The number of benzene rings is 1. The predicted molar refractivity (Wildman–Crippen MR) is 56.4 cm³/mol. The fraction of sp³-hybridized carbons (Fsp3) is 0.300. The third-order valence-corrected chi connectivity index (χ3v) is 2.28. The molecule has 82 valence electrons. The van der Waals surface area contributed by atoms with Gasteiger partial charge in [-0.2, -0.15) is 0 Å². The number of aliphatic hydroxyl groups excluding tert-OH is 1. The van der Waals surface area contributed by atoms with Crippen LogP contribution in [0.4, 0.5) is 0 Å². The Labute approximate surface area is 92.6 Å². The summed E-state index contributed by atoms with van der Waals surface area (Å²) in [7, 11) is 1.22. The highest BCUT2D eigenvalue weighted by Crippen LogP contribution is 2.18. The number of halogens is 1. The van der Waals surface area contributed by atoms with E-state index in [1.165, 1.54) is 7.11 Å². The van der Waals surface area contributed by atoms with Crippen LogP contribution in [0.3, 0.4) is 0 Å². The summed E-state index contributed by atoms with van der Waals surface area (Å²) < 4.78 is 4.43. The monoisotopic (exact) mass is 229 g/mol. The molecule has 1 aromatic carbocycles. The summed E-state index contributed by atoms with van der Waals surface area (Å²) in [4.78, 5) is 11.1. The van der Waals surface area contributed by atoms with Crippen LogP contribution in [0.1, 0.15) is 11.7 Å². The maximum atomic E-state index is 11.1. The van der Waals surface area contributed by atoms with Gasteiger partial charge in [0.2, 0.25) is 0 Å². The molecule has 0 heterocycles. The van der Waals surface area contributed by atoms with Gasteiger partial charge in [-0.15, -0.1) is 0 Å². The first-order chi connectivity index (χ1) is 7.06. The van der Waals surface area contributed by atoms with E-state index < -0.39 is 18.1 Å². The lowest BCUT2D eigenvalue weighted by molar-refractivity contribution is -0.145. The largest absolute Gasteiger partial charge is 0.468 e. The van der Waals surface area contributed by atoms with Gasteiger partial charge < -0.3 is 15.6 Å². The Morgan fingerprint density at radius 3 is 2.47 bits per heavy atom. The van der Waals surface area contributed by atoms with Gasteiger partial charge in [0.15, 0.2) is 0 Å². The Morgan fingerprint density at radius 1 is 1.47 bits per heavy atom. The van der Waals surface area contributed by atoms with Crippen LogP contribution in [-0.4, -0.2) is 24.2 Å². The summed E-state index contributed by atoms with van der Waals surface area (Å²) >= 11 is 5.68. The molecule has 3 N–H and O–H groups in total. The van der Waals surface area contributed by atoms with E-state index in [0.717, 1.165) is 0 Å². The van der Waals surface area contributed by atoms with E-state index in [4.69, 9.17) is 17.3 Å². The summed E-state index contributed by atoms with van der Waals surface area (Å²) in [5, 5.41) is 10.3. The van der Waals surface area contributed by atoms with Crippen molar-refractivity contribution < 1.29 is 14.6 Å². The lowest BCUT2D eigenvalue weighted by atomic mass is 10.0. The Kier molecular flexibility index (Phi) is 4.08. The number of carbonyl (C=O) groups is 1. The molecular formula is C10H12ClNO3. The predicted octanol–water partition coefficient (Wildman–Crippen LogP) is 0.874. The smallest absolute Gasteiger partial charge is 0.325 e. The van der Waals surface area contributed by atoms with Crippen LogP contribution < -0.4 is 5.73 Å². The molecule has 1 rings (SSSR count). The van der Waals surface area contributed by atoms with E-state index in [2.05, 4.69) is 4.74 Å². The van der Waals surface area contributed by atoms with Gasteiger partial charge in [0.1, 0.15) is 12.1 Å². The average molecular weight is 230 g/mol. The van der Waals surface area contributed by atoms with Crippen molar-refractivity contribution in [1.82, 2.24) is 0 Å². The second-order valence-electron chi connectivity index (χ2n) is 3.05. The molecule has 5 heteroatoms. The Balaban J connectivity index is 2.80. The fourth-order valence-corrected chi connectivity index (χ4v) is 1.26. The minimum absolute atomic E-state index is 0.525. The molecule has 0 aliphatic rings. The third-order valence-electron chi connectivity index (χ3n) is 2.03. The van der Waals surface area contributed by atoms with E-state index >= 15 is 0 Å². The van der Waals surface area contributed by atoms with E-state index in [9.17, 15) is 9.90 Å². The zero-order chi connectivity index (χ0) is 11.4. The van der Waals surface area contributed by atoms with Gasteiger partial charge in [-0.25, -0.2) is 0 Å². The normalized spacial score (nSPS) is 14.4. The van der Waals surface area contributed by atoms with Gasteiger partial charge in [0, 0.05) is 5.02 Å². The molecule has 0 amide bonds. The summed E-state index contributed by atoms with van der Waals surface area (Å²) in [6.07, 6.45) is -1.09. The zero-order valence-corrected chi connectivity index (χ0v) is 8.94. The van der Waals surface area contributed by atoms with E-state index in [1.54, 1.807) is 24.3 Å². The third kappa shape index (κ3) is 2.92. The highest BCUT2D eigenvalue weighted by molar-refractivity contribution is 6.30. The summed E-state index contributed by atoms with van der Waals surface area (Å²) in [6.45, 7) is 0. The number of nitrogens with two attached hydrogens (primary N) is 1. The van der Waals surface area contributed by atoms with Crippen molar-refractivity contribution in [3.8, 4) is 0 Å². The highest BCUT2D eigenvalue weighted by atomic mass is 35.5. The Morgan fingerprint density at radius 2 is 2.00 bits per heavy atom. The van der Waals surface area contributed by atoms with E-state index in [1.807, 2.05) is 0 Å². The second kappa shape index (κ2) is 5.11. The summed E-state index contributed by atoms with van der Waals surface area (Å²) in [6, 6.07) is 5.36. The van der Waals surface area contributed by atoms with Crippen molar-refractivity contribution in [2.75, 3.05) is 7.11 Å². The molecule has 4 nitrogen and oxygen atoms in total. The van der Waals surface area contributed by atoms with Crippen molar-refractivity contribution in [3.05, 3.63) is 34.9 Å². The van der Waals surface area contributed by atoms with Crippen molar-refractivity contribution in [2.24, 2.45) is 5.73 Å². The molecule has 0 spiro atoms. The molecule has 15 heavy (non-hydrogen) atoms. The quantitative estimate of drug-likeness (QED) is 0.755. The summed E-state index contributed by atoms with van der Waals surface area (Å²) in [5.41, 5.74) is 6.01. The van der Waals surface area contributed by atoms with Crippen LogP contribution in [0.5, 0.6) is 0 Å². The van der Waals surface area contributed by atoms with E-state index in [0.29, 0.717) is 10.6 Å². The first kappa shape index (κ1) is 12.0. The zero-order valence-electron chi connectivity index (χ0n) is 8.18. The van der Waals surface area contributed by atoms with E-state index in [-0.39, 0.29) is 0 Å². The molecule has 0 saturated heterocycles. The number of hydrogen-bond acceptors (Lipinski definition) is 4. The molecule has 0 bridgehead atoms. The molecule has 0 fully saturated rings. The number of methoxy groups -OCH3 is 1. The Hall–Kier alpha value is -1.10. The van der Waals surface area contributed by atoms with Crippen LogP contribution in [0.15, 0.2) is 24.3 Å². The number of aliphatic hydroxyl groups is 1. The number of esters is 1. The molecule has 0 saturated carbocycles. The van der Waals surface area contributed by atoms with Gasteiger partial charge in [-0.1, -0.05) is 23.7 Å². The molecule has 2 atom stereocenters. The minimum Gasteiger partial charge on any atom is -0.468 e. The lowest BCUT2D eigenvalue weighted by Gasteiger charge is -2.16. The average Bonchev–Trinajstić information content (AvgIpc) is 2.27. The van der Waals surface area contributed by atoms with Crippen LogP contribution in [0, 0.1) is 0 Å². The molecule has 0 aliphatic carbocycles. The van der Waals surface area contributed by atoms with Crippen molar-refractivity contribution in [3.63, 3.8) is 0 Å². The SMILES string of the molecule is COC(=O)C(N)C(O)c1ccc(Cl)cc1. The number of carbonyl (C=O) groups excluding carboxylic acids is 1. The summed E-state index contributed by atoms with van der Waals surface area (Å²) in [5.74, 6) is -0.655. The minimum atomic E-state index is -1.09.